The quantitative estimate of drug-likeness (QED) is 0.900. The Kier molecular flexibility index (Phi) is 3.15. The number of fused-ring (bicyclic) bond motifs is 1. The van der Waals surface area contributed by atoms with Gasteiger partial charge in [0.15, 0.2) is 0 Å². The predicted octanol–water partition coefficient (Wildman–Crippen LogP) is 2.80. The van der Waals surface area contributed by atoms with Crippen molar-refractivity contribution in [3.05, 3.63) is 30.0 Å². The molecule has 1 amide bonds. The van der Waals surface area contributed by atoms with Gasteiger partial charge in [-0.2, -0.15) is 0 Å². The largest absolute Gasteiger partial charge is 0.495 e. The van der Waals surface area contributed by atoms with Gasteiger partial charge in [-0.25, -0.2) is 0 Å². The summed E-state index contributed by atoms with van der Waals surface area (Å²) in [5.41, 5.74) is 1.55. The maximum absolute atomic E-state index is 12.4. The molecule has 0 atom stereocenters. The summed E-state index contributed by atoms with van der Waals surface area (Å²) in [4.78, 5) is 17.6. The lowest BCUT2D eigenvalue weighted by Crippen LogP contribution is -2.35. The Morgan fingerprint density at radius 3 is 2.79 bits per heavy atom. The highest BCUT2D eigenvalue weighted by atomic mass is 16.5. The van der Waals surface area contributed by atoms with Gasteiger partial charge in [0.1, 0.15) is 11.4 Å². The number of nitrogens with zero attached hydrogens (tertiary/aromatic N) is 1. The van der Waals surface area contributed by atoms with Crippen LogP contribution in [-0.2, 0) is 0 Å². The van der Waals surface area contributed by atoms with Crippen molar-refractivity contribution < 1.29 is 9.53 Å². The molecule has 0 saturated carbocycles. The molecule has 100 valence electrons. The van der Waals surface area contributed by atoms with Crippen LogP contribution in [0.5, 0.6) is 5.75 Å². The van der Waals surface area contributed by atoms with Crippen molar-refractivity contribution in [3.63, 3.8) is 0 Å². The predicted molar refractivity (Wildman–Crippen MR) is 74.6 cm³/mol. The highest BCUT2D eigenvalue weighted by molar-refractivity contribution is 5.99. The van der Waals surface area contributed by atoms with E-state index in [0.29, 0.717) is 5.69 Å². The van der Waals surface area contributed by atoms with Crippen molar-refractivity contribution in [3.8, 4) is 5.75 Å². The second-order valence-electron chi connectivity index (χ2n) is 4.96. The zero-order chi connectivity index (χ0) is 13.2. The number of methoxy groups -OCH3 is 1. The average molecular weight is 258 g/mol. The topological polar surface area (TPSA) is 45.3 Å². The number of aromatic amines is 1. The molecule has 2 aromatic rings. The number of benzene rings is 1. The summed E-state index contributed by atoms with van der Waals surface area (Å²) in [6, 6.07) is 7.73. The minimum absolute atomic E-state index is 0.0953. The number of amides is 1. The number of ether oxygens (including phenoxy) is 1. The number of likely N-dealkylation sites (tertiary alicyclic amines) is 1. The molecule has 0 unspecified atom stereocenters. The van der Waals surface area contributed by atoms with Crippen LogP contribution in [0.2, 0.25) is 0 Å². The molecule has 0 bridgehead atoms. The molecule has 19 heavy (non-hydrogen) atoms. The van der Waals surface area contributed by atoms with E-state index in [9.17, 15) is 4.79 Å². The van der Waals surface area contributed by atoms with Crippen LogP contribution in [0.25, 0.3) is 10.9 Å². The number of carbonyl (C=O) groups excluding carboxylic acids is 1. The van der Waals surface area contributed by atoms with Crippen LogP contribution < -0.4 is 4.74 Å². The van der Waals surface area contributed by atoms with Crippen molar-refractivity contribution >= 4 is 16.8 Å². The number of hydrogen-bond donors (Lipinski definition) is 1. The highest BCUT2D eigenvalue weighted by Crippen LogP contribution is 2.26. The maximum atomic E-state index is 12.4. The van der Waals surface area contributed by atoms with Crippen LogP contribution in [0.3, 0.4) is 0 Å². The molecular weight excluding hydrogens is 240 g/mol. The number of piperidine rings is 1. The normalized spacial score (nSPS) is 15.7. The number of H-pyrrole nitrogens is 1. The second kappa shape index (κ2) is 4.96. The van der Waals surface area contributed by atoms with Crippen LogP contribution in [-0.4, -0.2) is 36.0 Å². The van der Waals surface area contributed by atoms with Gasteiger partial charge in [0.05, 0.1) is 12.6 Å². The Balaban J connectivity index is 1.94. The second-order valence-corrected chi connectivity index (χ2v) is 4.96. The third kappa shape index (κ3) is 2.18. The number of carbonyl (C=O) groups is 1. The van der Waals surface area contributed by atoms with E-state index in [-0.39, 0.29) is 5.91 Å². The van der Waals surface area contributed by atoms with Gasteiger partial charge in [0.2, 0.25) is 0 Å². The summed E-state index contributed by atoms with van der Waals surface area (Å²) < 4.78 is 5.31. The molecule has 1 saturated heterocycles. The molecule has 1 aliphatic rings. The summed E-state index contributed by atoms with van der Waals surface area (Å²) in [7, 11) is 1.64. The smallest absolute Gasteiger partial charge is 0.270 e. The van der Waals surface area contributed by atoms with E-state index < -0.39 is 0 Å². The zero-order valence-electron chi connectivity index (χ0n) is 11.1. The summed E-state index contributed by atoms with van der Waals surface area (Å²) in [5, 5.41) is 1.01. The first-order valence-corrected chi connectivity index (χ1v) is 6.74. The molecule has 1 N–H and O–H groups in total. The molecule has 0 aliphatic carbocycles. The Morgan fingerprint density at radius 2 is 2.05 bits per heavy atom. The van der Waals surface area contributed by atoms with Crippen LogP contribution in [0, 0.1) is 0 Å². The first-order chi connectivity index (χ1) is 9.29. The van der Waals surface area contributed by atoms with Gasteiger partial charge in [-0.3, -0.25) is 4.79 Å². The lowest BCUT2D eigenvalue weighted by Gasteiger charge is -2.26. The third-order valence-electron chi connectivity index (χ3n) is 3.71. The number of rotatable bonds is 2. The van der Waals surface area contributed by atoms with Crippen molar-refractivity contribution in [1.29, 1.82) is 0 Å². The average Bonchev–Trinajstić information content (AvgIpc) is 2.91. The fourth-order valence-corrected chi connectivity index (χ4v) is 2.68. The summed E-state index contributed by atoms with van der Waals surface area (Å²) in [5.74, 6) is 0.869. The summed E-state index contributed by atoms with van der Waals surface area (Å²) in [6.45, 7) is 1.73. The number of aromatic nitrogens is 1. The fourth-order valence-electron chi connectivity index (χ4n) is 2.68. The van der Waals surface area contributed by atoms with Crippen molar-refractivity contribution in [2.75, 3.05) is 20.2 Å². The standard InChI is InChI=1S/C15H18N2O2/c1-19-13-7-5-6-11-10-12(16-14(11)13)15(18)17-8-3-2-4-9-17/h5-7,10,16H,2-4,8-9H2,1H3. The van der Waals surface area contributed by atoms with Crippen LogP contribution in [0.15, 0.2) is 24.3 Å². The van der Waals surface area contributed by atoms with E-state index in [0.717, 1.165) is 42.6 Å². The first kappa shape index (κ1) is 12.1. The lowest BCUT2D eigenvalue weighted by molar-refractivity contribution is 0.0719. The highest BCUT2D eigenvalue weighted by Gasteiger charge is 2.20. The van der Waals surface area contributed by atoms with E-state index in [1.54, 1.807) is 7.11 Å². The Morgan fingerprint density at radius 1 is 1.26 bits per heavy atom. The van der Waals surface area contributed by atoms with Gasteiger partial charge >= 0.3 is 0 Å². The molecule has 0 radical (unpaired) electrons. The van der Waals surface area contributed by atoms with Gasteiger partial charge in [0.25, 0.3) is 5.91 Å². The van der Waals surface area contributed by atoms with Gasteiger partial charge in [0, 0.05) is 18.5 Å². The van der Waals surface area contributed by atoms with Crippen LogP contribution in [0.4, 0.5) is 0 Å². The molecule has 3 rings (SSSR count). The van der Waals surface area contributed by atoms with E-state index in [4.69, 9.17) is 4.74 Å². The van der Waals surface area contributed by atoms with Gasteiger partial charge in [-0.15, -0.1) is 0 Å². The van der Waals surface area contributed by atoms with E-state index >= 15 is 0 Å². The molecular formula is C15H18N2O2. The fraction of sp³-hybridized carbons (Fsp3) is 0.400. The van der Waals surface area contributed by atoms with E-state index in [1.807, 2.05) is 29.2 Å². The molecule has 0 spiro atoms. The molecule has 1 fully saturated rings. The van der Waals surface area contributed by atoms with E-state index in [1.165, 1.54) is 6.42 Å². The Hall–Kier alpha value is -1.97. The first-order valence-electron chi connectivity index (χ1n) is 6.74. The molecule has 4 nitrogen and oxygen atoms in total. The zero-order valence-corrected chi connectivity index (χ0v) is 11.1. The summed E-state index contributed by atoms with van der Waals surface area (Å²) >= 11 is 0. The molecule has 2 heterocycles. The van der Waals surface area contributed by atoms with Crippen LogP contribution in [0.1, 0.15) is 29.8 Å². The van der Waals surface area contributed by atoms with Crippen molar-refractivity contribution in [2.24, 2.45) is 0 Å². The Labute approximate surface area is 112 Å². The molecule has 1 aromatic heterocycles. The number of hydrogen-bond acceptors (Lipinski definition) is 2. The van der Waals surface area contributed by atoms with Gasteiger partial charge in [-0.05, 0) is 31.4 Å². The monoisotopic (exact) mass is 258 g/mol. The number of para-hydroxylation sites is 1. The SMILES string of the molecule is COc1cccc2cc(C(=O)N3CCCCC3)[nH]c12. The van der Waals surface area contributed by atoms with Gasteiger partial charge < -0.3 is 14.6 Å². The number of nitrogens with one attached hydrogen (secondary N) is 1. The van der Waals surface area contributed by atoms with Crippen molar-refractivity contribution in [2.45, 2.75) is 19.3 Å². The Bertz CT molecular complexity index is 597. The van der Waals surface area contributed by atoms with E-state index in [2.05, 4.69) is 4.98 Å². The molecule has 1 aromatic carbocycles. The van der Waals surface area contributed by atoms with Gasteiger partial charge in [-0.1, -0.05) is 12.1 Å². The third-order valence-corrected chi connectivity index (χ3v) is 3.71. The summed E-state index contributed by atoms with van der Waals surface area (Å²) in [6.07, 6.45) is 3.44. The lowest BCUT2D eigenvalue weighted by atomic mass is 10.1. The minimum atomic E-state index is 0.0953. The minimum Gasteiger partial charge on any atom is -0.495 e. The molecule has 1 aliphatic heterocycles. The molecule has 4 heteroatoms. The maximum Gasteiger partial charge on any atom is 0.270 e. The van der Waals surface area contributed by atoms with Crippen LogP contribution >= 0.6 is 0 Å². The van der Waals surface area contributed by atoms with Crippen molar-refractivity contribution in [1.82, 2.24) is 9.88 Å².